The highest BCUT2D eigenvalue weighted by molar-refractivity contribution is 5.85. The van der Waals surface area contributed by atoms with Crippen LogP contribution < -0.4 is 0 Å². The standard InChI is InChI=1S/C28H27N/c1-20-15-23(17-24(16-20)28(2,3)4)27-18-25(21-11-7-5-8-12-21)26(19-29-27)22-13-9-6-10-14-22/h5-19H,1-4H3. The third kappa shape index (κ3) is 4.14. The van der Waals surface area contributed by atoms with Gasteiger partial charge in [0.25, 0.3) is 0 Å². The summed E-state index contributed by atoms with van der Waals surface area (Å²) >= 11 is 0. The Morgan fingerprint density at radius 3 is 1.79 bits per heavy atom. The molecule has 0 unspecified atom stereocenters. The zero-order valence-electron chi connectivity index (χ0n) is 17.6. The molecule has 0 fully saturated rings. The van der Waals surface area contributed by atoms with Gasteiger partial charge in [0, 0.05) is 17.3 Å². The number of pyridine rings is 1. The van der Waals surface area contributed by atoms with E-state index in [0.717, 1.165) is 11.3 Å². The Bertz CT molecular complexity index is 1120. The van der Waals surface area contributed by atoms with Crippen molar-refractivity contribution in [1.82, 2.24) is 4.98 Å². The van der Waals surface area contributed by atoms with Crippen LogP contribution in [0.3, 0.4) is 0 Å². The SMILES string of the molecule is Cc1cc(-c2cc(-c3ccccc3)c(-c3ccccc3)cn2)cc(C(C)(C)C)c1. The first kappa shape index (κ1) is 19.1. The Labute approximate surface area is 174 Å². The van der Waals surface area contributed by atoms with Crippen LogP contribution in [0.5, 0.6) is 0 Å². The maximum atomic E-state index is 4.88. The van der Waals surface area contributed by atoms with Gasteiger partial charge in [0.05, 0.1) is 5.69 Å². The van der Waals surface area contributed by atoms with Crippen molar-refractivity contribution in [2.75, 3.05) is 0 Å². The molecule has 3 aromatic carbocycles. The summed E-state index contributed by atoms with van der Waals surface area (Å²) in [5.41, 5.74) is 9.65. The molecule has 0 N–H and O–H groups in total. The molecule has 0 amide bonds. The fourth-order valence-electron chi connectivity index (χ4n) is 3.68. The van der Waals surface area contributed by atoms with Gasteiger partial charge < -0.3 is 0 Å². The summed E-state index contributed by atoms with van der Waals surface area (Å²) in [6.45, 7) is 8.93. The van der Waals surface area contributed by atoms with E-state index < -0.39 is 0 Å². The van der Waals surface area contributed by atoms with Crippen LogP contribution in [0.15, 0.2) is 91.1 Å². The molecule has 0 aliphatic rings. The lowest BCUT2D eigenvalue weighted by Crippen LogP contribution is -2.11. The van der Waals surface area contributed by atoms with Crippen molar-refractivity contribution in [3.63, 3.8) is 0 Å². The van der Waals surface area contributed by atoms with Gasteiger partial charge >= 0.3 is 0 Å². The minimum Gasteiger partial charge on any atom is -0.256 e. The van der Waals surface area contributed by atoms with Crippen molar-refractivity contribution in [1.29, 1.82) is 0 Å². The Balaban J connectivity index is 1.91. The summed E-state index contributed by atoms with van der Waals surface area (Å²) < 4.78 is 0. The van der Waals surface area contributed by atoms with Gasteiger partial charge in [-0.25, -0.2) is 0 Å². The van der Waals surface area contributed by atoms with Gasteiger partial charge in [-0.05, 0) is 52.8 Å². The van der Waals surface area contributed by atoms with E-state index in [9.17, 15) is 0 Å². The topological polar surface area (TPSA) is 12.9 Å². The molecule has 0 radical (unpaired) electrons. The Morgan fingerprint density at radius 2 is 1.21 bits per heavy atom. The van der Waals surface area contributed by atoms with Crippen molar-refractivity contribution in [3.05, 3.63) is 102 Å². The smallest absolute Gasteiger partial charge is 0.0708 e. The largest absolute Gasteiger partial charge is 0.256 e. The molecule has 0 saturated heterocycles. The van der Waals surface area contributed by atoms with Crippen molar-refractivity contribution in [3.8, 4) is 33.5 Å². The molecule has 0 saturated carbocycles. The average molecular weight is 378 g/mol. The van der Waals surface area contributed by atoms with Crippen LogP contribution in [0.25, 0.3) is 33.5 Å². The van der Waals surface area contributed by atoms with Gasteiger partial charge in [-0.1, -0.05) is 93.1 Å². The monoisotopic (exact) mass is 377 g/mol. The second-order valence-corrected chi connectivity index (χ2v) is 8.68. The lowest BCUT2D eigenvalue weighted by atomic mass is 9.84. The molecule has 29 heavy (non-hydrogen) atoms. The summed E-state index contributed by atoms with van der Waals surface area (Å²) in [6, 6.07) is 30.1. The van der Waals surface area contributed by atoms with Crippen molar-refractivity contribution >= 4 is 0 Å². The molecule has 1 heterocycles. The average Bonchev–Trinajstić information content (AvgIpc) is 2.73. The maximum absolute atomic E-state index is 4.88. The summed E-state index contributed by atoms with van der Waals surface area (Å²) in [6.07, 6.45) is 2.02. The zero-order chi connectivity index (χ0) is 20.4. The van der Waals surface area contributed by atoms with Crippen LogP contribution in [0.4, 0.5) is 0 Å². The van der Waals surface area contributed by atoms with E-state index in [2.05, 4.69) is 107 Å². The van der Waals surface area contributed by atoms with Crippen molar-refractivity contribution in [2.45, 2.75) is 33.1 Å². The van der Waals surface area contributed by atoms with Crippen LogP contribution in [0, 0.1) is 6.92 Å². The Hall–Kier alpha value is -3.19. The molecule has 1 heteroatoms. The van der Waals surface area contributed by atoms with Gasteiger partial charge in [-0.2, -0.15) is 0 Å². The number of nitrogens with zero attached hydrogens (tertiary/aromatic N) is 1. The molecule has 1 aromatic heterocycles. The first-order valence-electron chi connectivity index (χ1n) is 10.2. The molecular weight excluding hydrogens is 350 g/mol. The van der Waals surface area contributed by atoms with Gasteiger partial charge in [0.1, 0.15) is 0 Å². The number of aromatic nitrogens is 1. The molecule has 0 aliphatic carbocycles. The number of hydrogen-bond donors (Lipinski definition) is 0. The normalized spacial score (nSPS) is 11.4. The molecule has 0 aliphatic heterocycles. The van der Waals surface area contributed by atoms with Crippen LogP contribution in [0.2, 0.25) is 0 Å². The van der Waals surface area contributed by atoms with Gasteiger partial charge in [0.2, 0.25) is 0 Å². The van der Waals surface area contributed by atoms with Gasteiger partial charge in [0.15, 0.2) is 0 Å². The van der Waals surface area contributed by atoms with E-state index in [4.69, 9.17) is 4.98 Å². The highest BCUT2D eigenvalue weighted by Crippen LogP contribution is 2.35. The molecule has 0 atom stereocenters. The van der Waals surface area contributed by atoms with E-state index in [1.165, 1.54) is 33.4 Å². The molecule has 0 spiro atoms. The van der Waals surface area contributed by atoms with Gasteiger partial charge in [-0.3, -0.25) is 4.98 Å². The quantitative estimate of drug-likeness (QED) is 0.356. The van der Waals surface area contributed by atoms with E-state index >= 15 is 0 Å². The molecule has 1 nitrogen and oxygen atoms in total. The number of benzene rings is 3. The van der Waals surface area contributed by atoms with Crippen LogP contribution >= 0.6 is 0 Å². The summed E-state index contributed by atoms with van der Waals surface area (Å²) in [5, 5.41) is 0. The minimum atomic E-state index is 0.104. The first-order chi connectivity index (χ1) is 13.9. The van der Waals surface area contributed by atoms with E-state index in [1.54, 1.807) is 0 Å². The van der Waals surface area contributed by atoms with E-state index in [-0.39, 0.29) is 5.41 Å². The van der Waals surface area contributed by atoms with Gasteiger partial charge in [-0.15, -0.1) is 0 Å². The predicted octanol–water partition coefficient (Wildman–Crippen LogP) is 7.69. The predicted molar refractivity (Wildman–Crippen MR) is 124 cm³/mol. The third-order valence-electron chi connectivity index (χ3n) is 5.31. The first-order valence-corrected chi connectivity index (χ1v) is 10.2. The Kier molecular flexibility index (Phi) is 5.07. The number of rotatable bonds is 3. The van der Waals surface area contributed by atoms with Crippen LogP contribution in [-0.2, 0) is 5.41 Å². The van der Waals surface area contributed by atoms with Crippen molar-refractivity contribution in [2.24, 2.45) is 0 Å². The van der Waals surface area contributed by atoms with Crippen molar-refractivity contribution < 1.29 is 0 Å². The van der Waals surface area contributed by atoms with Crippen LogP contribution in [0.1, 0.15) is 31.9 Å². The fraction of sp³-hybridized carbons (Fsp3) is 0.179. The molecular formula is C28H27N. The molecule has 0 bridgehead atoms. The lowest BCUT2D eigenvalue weighted by Gasteiger charge is -2.21. The second-order valence-electron chi connectivity index (χ2n) is 8.68. The minimum absolute atomic E-state index is 0.104. The summed E-state index contributed by atoms with van der Waals surface area (Å²) in [7, 11) is 0. The zero-order valence-corrected chi connectivity index (χ0v) is 17.6. The van der Waals surface area contributed by atoms with E-state index in [0.29, 0.717) is 0 Å². The molecule has 4 aromatic rings. The molecule has 4 rings (SSSR count). The third-order valence-corrected chi connectivity index (χ3v) is 5.31. The second kappa shape index (κ2) is 7.67. The maximum Gasteiger partial charge on any atom is 0.0708 e. The number of aryl methyl sites for hydroxylation is 1. The highest BCUT2D eigenvalue weighted by Gasteiger charge is 2.16. The lowest BCUT2D eigenvalue weighted by molar-refractivity contribution is 0.590. The number of hydrogen-bond acceptors (Lipinski definition) is 1. The fourth-order valence-corrected chi connectivity index (χ4v) is 3.68. The Morgan fingerprint density at radius 1 is 0.621 bits per heavy atom. The summed E-state index contributed by atoms with van der Waals surface area (Å²) in [4.78, 5) is 4.88. The van der Waals surface area contributed by atoms with Crippen LogP contribution in [-0.4, -0.2) is 4.98 Å². The molecule has 144 valence electrons. The van der Waals surface area contributed by atoms with E-state index in [1.807, 2.05) is 12.3 Å². The highest BCUT2D eigenvalue weighted by atomic mass is 14.7. The summed E-state index contributed by atoms with van der Waals surface area (Å²) in [5.74, 6) is 0.